The topological polar surface area (TPSA) is 32.3 Å². The predicted octanol–water partition coefficient (Wildman–Crippen LogP) is 4.21. The first-order valence-electron chi connectivity index (χ1n) is 5.52. The second-order valence-corrected chi connectivity index (χ2v) is 6.56. The number of hydrogen-bond donors (Lipinski definition) is 2. The van der Waals surface area contributed by atoms with E-state index in [4.69, 9.17) is 0 Å². The van der Waals surface area contributed by atoms with Gasteiger partial charge < -0.3 is 10.4 Å². The van der Waals surface area contributed by atoms with Gasteiger partial charge in [0.1, 0.15) is 11.6 Å². The number of rotatable bonds is 4. The molecule has 96 valence electrons. The van der Waals surface area contributed by atoms with Gasteiger partial charge >= 0.3 is 0 Å². The van der Waals surface area contributed by atoms with Gasteiger partial charge in [-0.2, -0.15) is 0 Å². The third-order valence-electron chi connectivity index (χ3n) is 2.67. The van der Waals surface area contributed by atoms with Gasteiger partial charge in [-0.25, -0.2) is 4.39 Å². The summed E-state index contributed by atoms with van der Waals surface area (Å²) >= 11 is 5.08. The van der Waals surface area contributed by atoms with E-state index in [0.717, 1.165) is 9.85 Å². The summed E-state index contributed by atoms with van der Waals surface area (Å²) in [5.74, 6) is -0.437. The Morgan fingerprint density at radius 2 is 2.17 bits per heavy atom. The molecule has 18 heavy (non-hydrogen) atoms. The molecule has 0 saturated heterocycles. The van der Waals surface area contributed by atoms with E-state index in [0.29, 0.717) is 12.1 Å². The molecule has 2 nitrogen and oxygen atoms in total. The number of halogens is 2. The van der Waals surface area contributed by atoms with Crippen molar-refractivity contribution in [2.45, 2.75) is 19.5 Å². The Morgan fingerprint density at radius 3 is 2.78 bits per heavy atom. The van der Waals surface area contributed by atoms with Crippen molar-refractivity contribution in [1.29, 1.82) is 0 Å². The van der Waals surface area contributed by atoms with Crippen LogP contribution in [0.25, 0.3) is 0 Å². The average Bonchev–Trinajstić information content (AvgIpc) is 2.72. The van der Waals surface area contributed by atoms with Gasteiger partial charge in [-0.3, -0.25) is 0 Å². The Bertz CT molecular complexity index is 544. The van der Waals surface area contributed by atoms with Crippen molar-refractivity contribution < 1.29 is 9.50 Å². The molecule has 2 rings (SSSR count). The third kappa shape index (κ3) is 3.31. The van der Waals surface area contributed by atoms with Crippen molar-refractivity contribution in [3.05, 3.63) is 50.4 Å². The Kier molecular flexibility index (Phi) is 4.37. The van der Waals surface area contributed by atoms with E-state index >= 15 is 0 Å². The zero-order valence-corrected chi connectivity index (χ0v) is 12.2. The predicted molar refractivity (Wildman–Crippen MR) is 75.3 cm³/mol. The highest BCUT2D eigenvalue weighted by Crippen LogP contribution is 2.26. The van der Waals surface area contributed by atoms with Gasteiger partial charge in [0.15, 0.2) is 0 Å². The molecule has 0 aliphatic carbocycles. The molecule has 0 bridgehead atoms. The number of hydrogen-bond acceptors (Lipinski definition) is 3. The smallest absolute Gasteiger partial charge is 0.126 e. The van der Waals surface area contributed by atoms with Crippen LogP contribution in [0, 0.1) is 5.82 Å². The minimum atomic E-state index is -0.425. The van der Waals surface area contributed by atoms with Crippen LogP contribution in [0.15, 0.2) is 34.1 Å². The molecule has 0 spiro atoms. The summed E-state index contributed by atoms with van der Waals surface area (Å²) in [6, 6.07) is 8.10. The first-order chi connectivity index (χ1) is 8.56. The van der Waals surface area contributed by atoms with Crippen LogP contribution in [0.3, 0.4) is 0 Å². The molecule has 0 saturated carbocycles. The summed E-state index contributed by atoms with van der Waals surface area (Å²) in [5, 5.41) is 13.0. The van der Waals surface area contributed by atoms with E-state index in [-0.39, 0.29) is 11.8 Å². The number of benzene rings is 1. The summed E-state index contributed by atoms with van der Waals surface area (Å²) < 4.78 is 14.0. The number of thiophene rings is 1. The maximum absolute atomic E-state index is 12.9. The van der Waals surface area contributed by atoms with Gasteiger partial charge in [0, 0.05) is 29.1 Å². The van der Waals surface area contributed by atoms with E-state index < -0.39 is 5.82 Å². The van der Waals surface area contributed by atoms with Crippen LogP contribution in [0.2, 0.25) is 0 Å². The molecule has 0 aliphatic heterocycles. The lowest BCUT2D eigenvalue weighted by Gasteiger charge is -2.15. The lowest BCUT2D eigenvalue weighted by Crippen LogP contribution is -2.17. The summed E-state index contributed by atoms with van der Waals surface area (Å²) in [6.07, 6.45) is 0. The Hall–Kier alpha value is -0.910. The van der Waals surface area contributed by atoms with Gasteiger partial charge in [0.25, 0.3) is 0 Å². The fourth-order valence-electron chi connectivity index (χ4n) is 1.69. The summed E-state index contributed by atoms with van der Waals surface area (Å²) in [4.78, 5) is 1.20. The minimum Gasteiger partial charge on any atom is -0.508 e. The molecule has 1 aromatic carbocycles. The zero-order valence-electron chi connectivity index (χ0n) is 9.78. The molecule has 1 aromatic heterocycles. The van der Waals surface area contributed by atoms with Crippen LogP contribution in [-0.4, -0.2) is 5.11 Å². The molecule has 2 N–H and O–H groups in total. The molecule has 5 heteroatoms. The SMILES string of the molecule is CC(NCc1ccc(Br)s1)c1ccc(F)cc1O. The van der Waals surface area contributed by atoms with Crippen LogP contribution < -0.4 is 5.32 Å². The number of phenols is 1. The van der Waals surface area contributed by atoms with Crippen molar-refractivity contribution >= 4 is 27.3 Å². The molecule has 0 radical (unpaired) electrons. The molecular formula is C13H13BrFNOS. The minimum absolute atomic E-state index is 0.0117. The second kappa shape index (κ2) is 5.82. The monoisotopic (exact) mass is 329 g/mol. The Labute approximate surface area is 118 Å². The molecule has 0 amide bonds. The highest BCUT2D eigenvalue weighted by atomic mass is 79.9. The van der Waals surface area contributed by atoms with E-state index in [1.807, 2.05) is 19.1 Å². The van der Waals surface area contributed by atoms with Gasteiger partial charge in [-0.1, -0.05) is 6.07 Å². The number of aromatic hydroxyl groups is 1. The maximum atomic E-state index is 12.9. The van der Waals surface area contributed by atoms with Gasteiger partial charge in [0.2, 0.25) is 0 Å². The van der Waals surface area contributed by atoms with Crippen LogP contribution in [0.5, 0.6) is 5.75 Å². The first kappa shape index (κ1) is 13.5. The molecule has 0 fully saturated rings. The van der Waals surface area contributed by atoms with E-state index in [1.54, 1.807) is 17.4 Å². The Morgan fingerprint density at radius 1 is 1.39 bits per heavy atom. The van der Waals surface area contributed by atoms with Crippen LogP contribution in [0.4, 0.5) is 4.39 Å². The van der Waals surface area contributed by atoms with Gasteiger partial charge in [-0.05, 0) is 41.1 Å². The van der Waals surface area contributed by atoms with Crippen LogP contribution >= 0.6 is 27.3 Å². The highest BCUT2D eigenvalue weighted by Gasteiger charge is 2.11. The average molecular weight is 330 g/mol. The van der Waals surface area contributed by atoms with E-state index in [9.17, 15) is 9.50 Å². The van der Waals surface area contributed by atoms with Crippen molar-refractivity contribution in [2.75, 3.05) is 0 Å². The summed E-state index contributed by atoms with van der Waals surface area (Å²) in [7, 11) is 0. The fourth-order valence-corrected chi connectivity index (χ4v) is 3.13. The van der Waals surface area contributed by atoms with Crippen LogP contribution in [0.1, 0.15) is 23.4 Å². The number of phenolic OH excluding ortho intramolecular Hbond substituents is 1. The van der Waals surface area contributed by atoms with Crippen molar-refractivity contribution in [2.24, 2.45) is 0 Å². The maximum Gasteiger partial charge on any atom is 0.126 e. The summed E-state index contributed by atoms with van der Waals surface area (Å²) in [6.45, 7) is 2.66. The van der Waals surface area contributed by atoms with E-state index in [1.165, 1.54) is 10.9 Å². The van der Waals surface area contributed by atoms with Crippen molar-refractivity contribution in [1.82, 2.24) is 5.32 Å². The largest absolute Gasteiger partial charge is 0.508 e. The standard InChI is InChI=1S/C13H13BrFNOS/c1-8(11-4-2-9(15)6-12(11)17)16-7-10-3-5-13(14)18-10/h2-6,8,16-17H,7H2,1H3. The van der Waals surface area contributed by atoms with Crippen LogP contribution in [-0.2, 0) is 6.54 Å². The molecule has 1 heterocycles. The van der Waals surface area contributed by atoms with Crippen molar-refractivity contribution in [3.8, 4) is 5.75 Å². The first-order valence-corrected chi connectivity index (χ1v) is 7.13. The van der Waals surface area contributed by atoms with Gasteiger partial charge in [0.05, 0.1) is 3.79 Å². The molecule has 1 unspecified atom stereocenters. The molecule has 0 aliphatic rings. The quantitative estimate of drug-likeness (QED) is 0.880. The molecular weight excluding hydrogens is 317 g/mol. The number of nitrogens with one attached hydrogen (secondary N) is 1. The molecule has 2 aromatic rings. The zero-order chi connectivity index (χ0) is 13.1. The van der Waals surface area contributed by atoms with Gasteiger partial charge in [-0.15, -0.1) is 11.3 Å². The fraction of sp³-hybridized carbons (Fsp3) is 0.231. The lowest BCUT2D eigenvalue weighted by atomic mass is 10.1. The van der Waals surface area contributed by atoms with Crippen molar-refractivity contribution in [3.63, 3.8) is 0 Å². The lowest BCUT2D eigenvalue weighted by molar-refractivity contribution is 0.447. The summed E-state index contributed by atoms with van der Waals surface area (Å²) in [5.41, 5.74) is 0.701. The highest BCUT2D eigenvalue weighted by molar-refractivity contribution is 9.11. The third-order valence-corrected chi connectivity index (χ3v) is 4.29. The second-order valence-electron chi connectivity index (χ2n) is 4.01. The Balaban J connectivity index is 2.01. The van der Waals surface area contributed by atoms with E-state index in [2.05, 4.69) is 21.2 Å². The molecule has 1 atom stereocenters. The normalized spacial score (nSPS) is 12.6.